The first-order chi connectivity index (χ1) is 11.5. The van der Waals surface area contributed by atoms with Crippen LogP contribution in [-0.2, 0) is 0 Å². The van der Waals surface area contributed by atoms with E-state index in [1.807, 2.05) is 44.2 Å². The number of rotatable bonds is 7. The largest absolute Gasteiger partial charge is 0.493 e. The van der Waals surface area contributed by atoms with Gasteiger partial charge in [-0.25, -0.2) is 0 Å². The Morgan fingerprint density at radius 3 is 2.46 bits per heavy atom. The van der Waals surface area contributed by atoms with Gasteiger partial charge in [-0.05, 0) is 37.6 Å². The van der Waals surface area contributed by atoms with E-state index in [0.717, 1.165) is 5.56 Å². The van der Waals surface area contributed by atoms with Crippen LogP contribution in [0.5, 0.6) is 11.5 Å². The van der Waals surface area contributed by atoms with Crippen molar-refractivity contribution in [2.45, 2.75) is 26.0 Å². The van der Waals surface area contributed by atoms with E-state index in [9.17, 15) is 4.79 Å². The van der Waals surface area contributed by atoms with E-state index in [1.165, 1.54) is 0 Å². The lowest BCUT2D eigenvalue weighted by molar-refractivity contribution is 0.0950. The van der Waals surface area contributed by atoms with Gasteiger partial charge < -0.3 is 20.5 Å². The van der Waals surface area contributed by atoms with Gasteiger partial charge in [-0.1, -0.05) is 30.3 Å². The van der Waals surface area contributed by atoms with Gasteiger partial charge in [0.25, 0.3) is 5.91 Å². The highest BCUT2D eigenvalue weighted by molar-refractivity contribution is 5.94. The fourth-order valence-electron chi connectivity index (χ4n) is 2.28. The van der Waals surface area contributed by atoms with Gasteiger partial charge in [0.2, 0.25) is 0 Å². The molecule has 3 N–H and O–H groups in total. The summed E-state index contributed by atoms with van der Waals surface area (Å²) in [5.74, 6) is 0.949. The number of methoxy groups -OCH3 is 1. The fourth-order valence-corrected chi connectivity index (χ4v) is 2.28. The Balaban J connectivity index is 2.02. The minimum absolute atomic E-state index is 0.0300. The molecule has 2 rings (SSSR count). The van der Waals surface area contributed by atoms with Crippen LogP contribution in [-0.4, -0.2) is 25.7 Å². The van der Waals surface area contributed by atoms with Crippen LogP contribution in [0.15, 0.2) is 48.5 Å². The second kappa shape index (κ2) is 8.36. The van der Waals surface area contributed by atoms with Crippen LogP contribution in [0.25, 0.3) is 0 Å². The van der Waals surface area contributed by atoms with E-state index < -0.39 is 0 Å². The van der Waals surface area contributed by atoms with Gasteiger partial charge in [0.15, 0.2) is 11.5 Å². The fraction of sp³-hybridized carbons (Fsp3) is 0.316. The SMILES string of the molecule is COc1cc(C(=O)NCC(N)c2ccccc2)ccc1OC(C)C. The molecule has 0 fully saturated rings. The molecule has 24 heavy (non-hydrogen) atoms. The summed E-state index contributed by atoms with van der Waals surface area (Å²) in [6, 6.07) is 14.5. The Morgan fingerprint density at radius 2 is 1.83 bits per heavy atom. The van der Waals surface area contributed by atoms with E-state index >= 15 is 0 Å². The molecule has 2 aromatic carbocycles. The molecule has 1 unspecified atom stereocenters. The van der Waals surface area contributed by atoms with Crippen molar-refractivity contribution in [3.8, 4) is 11.5 Å². The van der Waals surface area contributed by atoms with Crippen LogP contribution >= 0.6 is 0 Å². The van der Waals surface area contributed by atoms with Crippen LogP contribution in [0, 0.1) is 0 Å². The summed E-state index contributed by atoms with van der Waals surface area (Å²) in [4.78, 5) is 12.3. The lowest BCUT2D eigenvalue weighted by Gasteiger charge is -2.15. The molecule has 0 aliphatic heterocycles. The normalized spacial score (nSPS) is 11.9. The number of nitrogens with two attached hydrogens (primary N) is 1. The Morgan fingerprint density at radius 1 is 1.12 bits per heavy atom. The van der Waals surface area contributed by atoms with Gasteiger partial charge in [0.1, 0.15) is 0 Å². The molecule has 1 amide bonds. The second-order valence-electron chi connectivity index (χ2n) is 5.76. The smallest absolute Gasteiger partial charge is 0.251 e. The molecular weight excluding hydrogens is 304 g/mol. The third kappa shape index (κ3) is 4.73. The number of benzene rings is 2. The number of ether oxygens (including phenoxy) is 2. The number of carbonyl (C=O) groups excluding carboxylic acids is 1. The van der Waals surface area contributed by atoms with Crippen molar-refractivity contribution in [3.63, 3.8) is 0 Å². The van der Waals surface area contributed by atoms with Crippen LogP contribution in [0.4, 0.5) is 0 Å². The average molecular weight is 328 g/mol. The van der Waals surface area contributed by atoms with Gasteiger partial charge in [-0.2, -0.15) is 0 Å². The summed E-state index contributed by atoms with van der Waals surface area (Å²) in [6.07, 6.45) is 0.0300. The van der Waals surface area contributed by atoms with E-state index in [4.69, 9.17) is 15.2 Å². The quantitative estimate of drug-likeness (QED) is 0.819. The predicted molar refractivity (Wildman–Crippen MR) is 94.5 cm³/mol. The summed E-state index contributed by atoms with van der Waals surface area (Å²) in [5.41, 5.74) is 7.58. The first-order valence-corrected chi connectivity index (χ1v) is 7.94. The maximum atomic E-state index is 12.3. The molecule has 0 saturated carbocycles. The van der Waals surface area contributed by atoms with Crippen LogP contribution < -0.4 is 20.5 Å². The van der Waals surface area contributed by atoms with Gasteiger partial charge in [-0.15, -0.1) is 0 Å². The second-order valence-corrected chi connectivity index (χ2v) is 5.76. The van der Waals surface area contributed by atoms with Crippen molar-refractivity contribution in [2.75, 3.05) is 13.7 Å². The highest BCUT2D eigenvalue weighted by Crippen LogP contribution is 2.29. The highest BCUT2D eigenvalue weighted by Gasteiger charge is 2.13. The molecule has 128 valence electrons. The molecule has 0 bridgehead atoms. The number of nitrogens with one attached hydrogen (secondary N) is 1. The summed E-state index contributed by atoms with van der Waals surface area (Å²) in [5, 5.41) is 2.85. The van der Waals surface area contributed by atoms with Crippen molar-refractivity contribution in [1.29, 1.82) is 0 Å². The third-order valence-corrected chi connectivity index (χ3v) is 3.50. The van der Waals surface area contributed by atoms with Crippen molar-refractivity contribution < 1.29 is 14.3 Å². The molecule has 0 aliphatic rings. The zero-order valence-electron chi connectivity index (χ0n) is 14.3. The molecule has 5 nitrogen and oxygen atoms in total. The Kier molecular flexibility index (Phi) is 6.21. The minimum atomic E-state index is -0.249. The van der Waals surface area contributed by atoms with Gasteiger partial charge in [-0.3, -0.25) is 4.79 Å². The Labute approximate surface area is 142 Å². The monoisotopic (exact) mass is 328 g/mol. The number of hydrogen-bond acceptors (Lipinski definition) is 4. The van der Waals surface area contributed by atoms with Gasteiger partial charge in [0.05, 0.1) is 13.2 Å². The Hall–Kier alpha value is -2.53. The lowest BCUT2D eigenvalue weighted by Crippen LogP contribution is -2.31. The van der Waals surface area contributed by atoms with Crippen molar-refractivity contribution >= 4 is 5.91 Å². The molecule has 0 aliphatic carbocycles. The molecule has 5 heteroatoms. The van der Waals surface area contributed by atoms with Crippen LogP contribution in [0.1, 0.15) is 35.8 Å². The first-order valence-electron chi connectivity index (χ1n) is 7.94. The molecule has 0 saturated heterocycles. The summed E-state index contributed by atoms with van der Waals surface area (Å²) < 4.78 is 11.0. The van der Waals surface area contributed by atoms with Gasteiger partial charge >= 0.3 is 0 Å². The third-order valence-electron chi connectivity index (χ3n) is 3.50. The van der Waals surface area contributed by atoms with E-state index in [-0.39, 0.29) is 18.1 Å². The van der Waals surface area contributed by atoms with E-state index in [0.29, 0.717) is 23.6 Å². The van der Waals surface area contributed by atoms with Crippen LogP contribution in [0.2, 0.25) is 0 Å². The van der Waals surface area contributed by atoms with Crippen molar-refractivity contribution in [3.05, 3.63) is 59.7 Å². The highest BCUT2D eigenvalue weighted by atomic mass is 16.5. The van der Waals surface area contributed by atoms with E-state index in [2.05, 4.69) is 5.32 Å². The van der Waals surface area contributed by atoms with Crippen molar-refractivity contribution in [1.82, 2.24) is 5.32 Å². The topological polar surface area (TPSA) is 73.6 Å². The molecule has 0 spiro atoms. The molecular formula is C19H24N2O3. The summed E-state index contributed by atoms with van der Waals surface area (Å²) in [7, 11) is 1.55. The summed E-state index contributed by atoms with van der Waals surface area (Å²) in [6.45, 7) is 4.23. The molecule has 1 atom stereocenters. The maximum Gasteiger partial charge on any atom is 0.251 e. The number of amides is 1. The maximum absolute atomic E-state index is 12.3. The van der Waals surface area contributed by atoms with Crippen LogP contribution in [0.3, 0.4) is 0 Å². The zero-order chi connectivity index (χ0) is 17.5. The predicted octanol–water partition coefficient (Wildman–Crippen LogP) is 2.91. The van der Waals surface area contributed by atoms with Crippen molar-refractivity contribution in [2.24, 2.45) is 5.73 Å². The number of hydrogen-bond donors (Lipinski definition) is 2. The van der Waals surface area contributed by atoms with Gasteiger partial charge in [0, 0.05) is 18.2 Å². The Bertz CT molecular complexity index is 672. The summed E-state index contributed by atoms with van der Waals surface area (Å²) >= 11 is 0. The van der Waals surface area contributed by atoms with E-state index in [1.54, 1.807) is 25.3 Å². The standard InChI is InChI=1S/C19H24N2O3/c1-13(2)24-17-10-9-15(11-18(17)23-3)19(22)21-12-16(20)14-7-5-4-6-8-14/h4-11,13,16H,12,20H2,1-3H3,(H,21,22). The first kappa shape index (κ1) is 17.8. The zero-order valence-corrected chi connectivity index (χ0v) is 14.3. The number of carbonyl (C=O) groups is 1. The molecule has 0 aromatic heterocycles. The molecule has 0 radical (unpaired) electrons. The average Bonchev–Trinajstić information content (AvgIpc) is 2.60. The molecule has 2 aromatic rings. The minimum Gasteiger partial charge on any atom is -0.493 e. The lowest BCUT2D eigenvalue weighted by atomic mass is 10.1. The molecule has 0 heterocycles.